The quantitative estimate of drug-likeness (QED) is 0.715. The fraction of sp³-hybridized carbons (Fsp3) is 0.250. The van der Waals surface area contributed by atoms with E-state index in [1.807, 2.05) is 29.9 Å². The van der Waals surface area contributed by atoms with Crippen LogP contribution in [0.5, 0.6) is 0 Å². The summed E-state index contributed by atoms with van der Waals surface area (Å²) in [5, 5.41) is 12.3. The minimum atomic E-state index is -0.217. The third-order valence-electron chi connectivity index (χ3n) is 3.03. The molecule has 92 valence electrons. The van der Waals surface area contributed by atoms with Crippen LogP contribution in [0.1, 0.15) is 17.6 Å². The maximum Gasteiger partial charge on any atom is 0.141 e. The van der Waals surface area contributed by atoms with Crippen molar-refractivity contribution in [2.24, 2.45) is 12.8 Å². The van der Waals surface area contributed by atoms with Crippen LogP contribution in [0.15, 0.2) is 30.6 Å². The van der Waals surface area contributed by atoms with Crippen molar-refractivity contribution in [3.05, 3.63) is 42.1 Å². The van der Waals surface area contributed by atoms with Crippen molar-refractivity contribution in [1.29, 1.82) is 0 Å². The van der Waals surface area contributed by atoms with Crippen molar-refractivity contribution in [3.63, 3.8) is 0 Å². The number of aromatic nitrogens is 5. The molecule has 1 unspecified atom stereocenters. The van der Waals surface area contributed by atoms with Gasteiger partial charge in [0.25, 0.3) is 0 Å². The van der Waals surface area contributed by atoms with Crippen LogP contribution in [-0.2, 0) is 13.5 Å². The highest BCUT2D eigenvalue weighted by atomic mass is 15.3. The SMILES string of the molecule is Cn1nc(CC(N)c2ncn[nH]2)c2ccccc21. The van der Waals surface area contributed by atoms with E-state index in [0.717, 1.165) is 16.6 Å². The summed E-state index contributed by atoms with van der Waals surface area (Å²) < 4.78 is 1.87. The van der Waals surface area contributed by atoms with E-state index in [1.54, 1.807) is 0 Å². The molecule has 0 radical (unpaired) electrons. The molecule has 6 nitrogen and oxygen atoms in total. The van der Waals surface area contributed by atoms with Crippen LogP contribution >= 0.6 is 0 Å². The summed E-state index contributed by atoms with van der Waals surface area (Å²) in [5.41, 5.74) is 8.18. The maximum atomic E-state index is 6.09. The van der Waals surface area contributed by atoms with E-state index in [4.69, 9.17) is 5.73 Å². The number of hydrogen-bond acceptors (Lipinski definition) is 4. The molecule has 2 aromatic heterocycles. The predicted molar refractivity (Wildman–Crippen MR) is 67.7 cm³/mol. The second-order valence-corrected chi connectivity index (χ2v) is 4.27. The van der Waals surface area contributed by atoms with Gasteiger partial charge in [0.2, 0.25) is 0 Å². The van der Waals surface area contributed by atoms with E-state index >= 15 is 0 Å². The summed E-state index contributed by atoms with van der Waals surface area (Å²) in [6, 6.07) is 7.90. The molecule has 0 bridgehead atoms. The zero-order chi connectivity index (χ0) is 12.5. The monoisotopic (exact) mass is 242 g/mol. The number of nitrogens with zero attached hydrogens (tertiary/aromatic N) is 4. The lowest BCUT2D eigenvalue weighted by Crippen LogP contribution is -2.15. The number of nitrogens with one attached hydrogen (secondary N) is 1. The topological polar surface area (TPSA) is 85.4 Å². The van der Waals surface area contributed by atoms with Gasteiger partial charge in [-0.3, -0.25) is 9.78 Å². The number of rotatable bonds is 3. The van der Waals surface area contributed by atoms with Crippen molar-refractivity contribution in [1.82, 2.24) is 25.0 Å². The second kappa shape index (κ2) is 4.23. The molecule has 6 heteroatoms. The van der Waals surface area contributed by atoms with Gasteiger partial charge in [0.05, 0.1) is 17.3 Å². The minimum absolute atomic E-state index is 0.217. The van der Waals surface area contributed by atoms with Crippen LogP contribution < -0.4 is 5.73 Å². The van der Waals surface area contributed by atoms with Gasteiger partial charge < -0.3 is 5.73 Å². The number of para-hydroxylation sites is 1. The summed E-state index contributed by atoms with van der Waals surface area (Å²) >= 11 is 0. The molecule has 0 fully saturated rings. The second-order valence-electron chi connectivity index (χ2n) is 4.27. The van der Waals surface area contributed by atoms with Gasteiger partial charge in [-0.2, -0.15) is 10.2 Å². The average Bonchev–Trinajstić information content (AvgIpc) is 3.00. The summed E-state index contributed by atoms with van der Waals surface area (Å²) in [5.74, 6) is 0.685. The third kappa shape index (κ3) is 1.76. The number of aryl methyl sites for hydroxylation is 1. The van der Waals surface area contributed by atoms with Gasteiger partial charge in [0.1, 0.15) is 12.2 Å². The number of aromatic amines is 1. The molecule has 2 heterocycles. The Morgan fingerprint density at radius 2 is 2.22 bits per heavy atom. The lowest BCUT2D eigenvalue weighted by atomic mass is 10.1. The highest BCUT2D eigenvalue weighted by Gasteiger charge is 2.15. The Labute approximate surface area is 104 Å². The summed E-state index contributed by atoms with van der Waals surface area (Å²) in [6.45, 7) is 0. The van der Waals surface area contributed by atoms with Crippen molar-refractivity contribution in [2.45, 2.75) is 12.5 Å². The minimum Gasteiger partial charge on any atom is -0.321 e. The first-order valence-electron chi connectivity index (χ1n) is 5.77. The van der Waals surface area contributed by atoms with E-state index in [-0.39, 0.29) is 6.04 Å². The lowest BCUT2D eigenvalue weighted by Gasteiger charge is -2.05. The largest absolute Gasteiger partial charge is 0.321 e. The Bertz CT molecular complexity index is 654. The van der Waals surface area contributed by atoms with Crippen molar-refractivity contribution >= 4 is 10.9 Å². The molecule has 0 aliphatic rings. The van der Waals surface area contributed by atoms with Crippen LogP contribution in [0.25, 0.3) is 10.9 Å². The molecule has 3 aromatic rings. The van der Waals surface area contributed by atoms with Crippen LogP contribution in [0.4, 0.5) is 0 Å². The molecule has 0 amide bonds. The molecule has 3 rings (SSSR count). The predicted octanol–water partition coefficient (Wildman–Crippen LogP) is 0.934. The first kappa shape index (κ1) is 10.9. The molecule has 0 spiro atoms. The number of nitrogens with two attached hydrogens (primary N) is 1. The van der Waals surface area contributed by atoms with Gasteiger partial charge in [0, 0.05) is 18.9 Å². The molecule has 0 aliphatic carbocycles. The van der Waals surface area contributed by atoms with Gasteiger partial charge in [-0.1, -0.05) is 18.2 Å². The first-order valence-corrected chi connectivity index (χ1v) is 5.77. The smallest absolute Gasteiger partial charge is 0.141 e. The Balaban J connectivity index is 1.96. The fourth-order valence-electron chi connectivity index (χ4n) is 2.14. The molecule has 0 saturated heterocycles. The summed E-state index contributed by atoms with van der Waals surface area (Å²) in [7, 11) is 1.94. The Hall–Kier alpha value is -2.21. The highest BCUT2D eigenvalue weighted by molar-refractivity contribution is 5.81. The van der Waals surface area contributed by atoms with Crippen molar-refractivity contribution < 1.29 is 0 Å². The standard InChI is InChI=1S/C12H14N6/c1-18-11-5-3-2-4-8(11)10(17-18)6-9(13)12-14-7-15-16-12/h2-5,7,9H,6,13H2,1H3,(H,14,15,16). The van der Waals surface area contributed by atoms with Crippen LogP contribution in [0.2, 0.25) is 0 Å². The first-order chi connectivity index (χ1) is 8.75. The van der Waals surface area contributed by atoms with E-state index in [1.165, 1.54) is 6.33 Å². The van der Waals surface area contributed by atoms with Gasteiger partial charge in [-0.05, 0) is 6.07 Å². The fourth-order valence-corrected chi connectivity index (χ4v) is 2.14. The molecule has 18 heavy (non-hydrogen) atoms. The number of fused-ring (bicyclic) bond motifs is 1. The van der Waals surface area contributed by atoms with Gasteiger partial charge in [-0.25, -0.2) is 4.98 Å². The number of hydrogen-bond donors (Lipinski definition) is 2. The molecule has 0 aliphatic heterocycles. The van der Waals surface area contributed by atoms with Gasteiger partial charge >= 0.3 is 0 Å². The van der Waals surface area contributed by atoms with E-state index < -0.39 is 0 Å². The lowest BCUT2D eigenvalue weighted by molar-refractivity contribution is 0.647. The summed E-state index contributed by atoms with van der Waals surface area (Å²) in [6.07, 6.45) is 2.10. The molecule has 1 atom stereocenters. The number of benzene rings is 1. The van der Waals surface area contributed by atoms with Crippen LogP contribution in [0.3, 0.4) is 0 Å². The summed E-state index contributed by atoms with van der Waals surface area (Å²) in [4.78, 5) is 4.07. The van der Waals surface area contributed by atoms with E-state index in [0.29, 0.717) is 12.2 Å². The molecule has 3 N–H and O–H groups in total. The molecular weight excluding hydrogens is 228 g/mol. The van der Waals surface area contributed by atoms with E-state index in [2.05, 4.69) is 26.3 Å². The average molecular weight is 242 g/mol. The molecule has 0 saturated carbocycles. The zero-order valence-electron chi connectivity index (χ0n) is 10.0. The molecular formula is C12H14N6. The van der Waals surface area contributed by atoms with Crippen molar-refractivity contribution in [3.8, 4) is 0 Å². The zero-order valence-corrected chi connectivity index (χ0v) is 10.0. The maximum absolute atomic E-state index is 6.09. The Morgan fingerprint density at radius 1 is 1.39 bits per heavy atom. The van der Waals surface area contributed by atoms with Crippen LogP contribution in [-0.4, -0.2) is 25.0 Å². The Kier molecular flexibility index (Phi) is 2.56. The molecule has 1 aromatic carbocycles. The highest BCUT2D eigenvalue weighted by Crippen LogP contribution is 2.21. The van der Waals surface area contributed by atoms with Crippen molar-refractivity contribution in [2.75, 3.05) is 0 Å². The van der Waals surface area contributed by atoms with Crippen LogP contribution in [0, 0.1) is 0 Å². The number of H-pyrrole nitrogens is 1. The third-order valence-corrected chi connectivity index (χ3v) is 3.03. The van der Waals surface area contributed by atoms with Gasteiger partial charge in [0.15, 0.2) is 0 Å². The normalized spacial score (nSPS) is 13.0. The van der Waals surface area contributed by atoms with E-state index in [9.17, 15) is 0 Å². The van der Waals surface area contributed by atoms with Gasteiger partial charge in [-0.15, -0.1) is 0 Å². The Morgan fingerprint density at radius 3 is 3.00 bits per heavy atom.